The van der Waals surface area contributed by atoms with Crippen LogP contribution in [0.3, 0.4) is 0 Å². The molecule has 0 aromatic carbocycles. The Bertz CT molecular complexity index is 553. The Labute approximate surface area is 124 Å². The molecule has 20 heavy (non-hydrogen) atoms. The molecular formula is C16H21NO2S. The minimum absolute atomic E-state index is 0.0749. The zero-order valence-electron chi connectivity index (χ0n) is 12.3. The maximum Gasteiger partial charge on any atom is 0.263 e. The maximum atomic E-state index is 12.4. The van der Waals surface area contributed by atoms with Crippen molar-refractivity contribution in [3.05, 3.63) is 21.4 Å². The monoisotopic (exact) mass is 291 g/mol. The van der Waals surface area contributed by atoms with E-state index in [0.717, 1.165) is 27.8 Å². The van der Waals surface area contributed by atoms with Gasteiger partial charge in [0.15, 0.2) is 0 Å². The maximum absolute atomic E-state index is 12.4. The molecular weight excluding hydrogens is 270 g/mol. The molecule has 1 aliphatic rings. The van der Waals surface area contributed by atoms with Crippen molar-refractivity contribution in [3.63, 3.8) is 0 Å². The van der Waals surface area contributed by atoms with E-state index in [1.165, 1.54) is 17.8 Å². The van der Waals surface area contributed by atoms with Gasteiger partial charge in [-0.1, -0.05) is 18.8 Å². The largest absolute Gasteiger partial charge is 0.395 e. The summed E-state index contributed by atoms with van der Waals surface area (Å²) < 4.78 is 0. The van der Waals surface area contributed by atoms with Crippen LogP contribution in [0.2, 0.25) is 0 Å². The summed E-state index contributed by atoms with van der Waals surface area (Å²) in [5.41, 5.74) is 1.04. The molecule has 0 aliphatic heterocycles. The van der Waals surface area contributed by atoms with Crippen LogP contribution in [0.4, 0.5) is 0 Å². The van der Waals surface area contributed by atoms with E-state index in [-0.39, 0.29) is 12.5 Å². The smallest absolute Gasteiger partial charge is 0.263 e. The minimum atomic E-state index is 0.0749. The summed E-state index contributed by atoms with van der Waals surface area (Å²) in [7, 11) is 1.87. The lowest BCUT2D eigenvalue weighted by Crippen LogP contribution is -2.28. The summed E-state index contributed by atoms with van der Waals surface area (Å²) in [6.45, 7) is 5.13. The molecule has 1 aliphatic carbocycles. The molecule has 1 N–H and O–H groups in total. The number of aryl methyl sites for hydroxylation is 1. The number of amides is 1. The predicted octanol–water partition coefficient (Wildman–Crippen LogP) is 2.52. The molecule has 4 heteroatoms. The molecule has 1 amide bonds. The van der Waals surface area contributed by atoms with E-state index in [0.29, 0.717) is 12.3 Å². The second-order valence-corrected chi connectivity index (χ2v) is 6.61. The molecule has 0 saturated heterocycles. The highest BCUT2D eigenvalue weighted by molar-refractivity contribution is 7.14. The molecule has 0 spiro atoms. The average Bonchev–Trinajstić information content (AvgIpc) is 2.96. The van der Waals surface area contributed by atoms with Crippen molar-refractivity contribution >= 4 is 17.2 Å². The third kappa shape index (κ3) is 3.62. The summed E-state index contributed by atoms with van der Waals surface area (Å²) in [4.78, 5) is 15.9. The third-order valence-corrected chi connectivity index (χ3v) is 4.84. The lowest BCUT2D eigenvalue weighted by molar-refractivity contribution is 0.0791. The molecule has 3 nitrogen and oxygen atoms in total. The van der Waals surface area contributed by atoms with E-state index in [1.54, 1.807) is 0 Å². The van der Waals surface area contributed by atoms with Crippen LogP contribution >= 0.6 is 11.3 Å². The van der Waals surface area contributed by atoms with Crippen LogP contribution < -0.4 is 0 Å². The van der Waals surface area contributed by atoms with E-state index >= 15 is 0 Å². The van der Waals surface area contributed by atoms with E-state index in [9.17, 15) is 4.79 Å². The Morgan fingerprint density at radius 2 is 2.30 bits per heavy atom. The van der Waals surface area contributed by atoms with Crippen LogP contribution in [0, 0.1) is 30.6 Å². The van der Waals surface area contributed by atoms with Crippen molar-refractivity contribution in [2.24, 2.45) is 11.8 Å². The van der Waals surface area contributed by atoms with Crippen LogP contribution in [0.1, 0.15) is 39.9 Å². The number of hydrogen-bond acceptors (Lipinski definition) is 3. The molecule has 1 aromatic heterocycles. The lowest BCUT2D eigenvalue weighted by atomic mass is 10.2. The zero-order chi connectivity index (χ0) is 14.7. The average molecular weight is 291 g/mol. The highest BCUT2D eigenvalue weighted by Gasteiger charge is 2.34. The number of nitrogens with zero attached hydrogens (tertiary/aromatic N) is 1. The summed E-state index contributed by atoms with van der Waals surface area (Å²) in [5, 5.41) is 8.73. The van der Waals surface area contributed by atoms with Crippen molar-refractivity contribution in [1.29, 1.82) is 0 Å². The van der Waals surface area contributed by atoms with Crippen molar-refractivity contribution in [3.8, 4) is 11.8 Å². The fourth-order valence-corrected chi connectivity index (χ4v) is 3.23. The summed E-state index contributed by atoms with van der Waals surface area (Å²) in [6.07, 6.45) is 1.71. The molecule has 1 aromatic rings. The van der Waals surface area contributed by atoms with Gasteiger partial charge < -0.3 is 10.0 Å². The Morgan fingerprint density at radius 3 is 2.90 bits per heavy atom. The first kappa shape index (κ1) is 15.1. The first-order valence-corrected chi connectivity index (χ1v) is 7.80. The van der Waals surface area contributed by atoms with Gasteiger partial charge in [-0.15, -0.1) is 11.3 Å². The number of rotatable bonds is 4. The van der Waals surface area contributed by atoms with Crippen molar-refractivity contribution in [2.45, 2.75) is 26.7 Å². The van der Waals surface area contributed by atoms with Gasteiger partial charge in [0, 0.05) is 20.0 Å². The van der Waals surface area contributed by atoms with Crippen LogP contribution in [0.15, 0.2) is 6.07 Å². The lowest BCUT2D eigenvalue weighted by Gasteiger charge is -2.15. The number of thiophene rings is 1. The number of hydrogen-bond donors (Lipinski definition) is 1. The number of aliphatic hydroxyl groups is 1. The predicted molar refractivity (Wildman–Crippen MR) is 81.9 cm³/mol. The quantitative estimate of drug-likeness (QED) is 0.866. The summed E-state index contributed by atoms with van der Waals surface area (Å²) in [6, 6.07) is 1.92. The van der Waals surface area contributed by atoms with E-state index in [1.807, 2.05) is 24.9 Å². The van der Waals surface area contributed by atoms with Crippen molar-refractivity contribution in [2.75, 3.05) is 20.2 Å². The molecule has 0 bridgehead atoms. The topological polar surface area (TPSA) is 40.5 Å². The highest BCUT2D eigenvalue weighted by Crippen LogP contribution is 2.38. The second kappa shape index (κ2) is 6.43. The van der Waals surface area contributed by atoms with E-state index < -0.39 is 0 Å². The normalized spacial score (nSPS) is 20.2. The standard InChI is InChI=1S/C16H21NO2S/c1-11-8-13(11)10-17(3)16(19)15-9-12(2)14(20-15)6-4-5-7-18/h9,11,13,18H,5,7-8,10H2,1-3H3. The molecule has 1 heterocycles. The fourth-order valence-electron chi connectivity index (χ4n) is 2.19. The second-order valence-electron chi connectivity index (χ2n) is 5.56. The molecule has 0 radical (unpaired) electrons. The van der Waals surface area contributed by atoms with Crippen LogP contribution in [0.5, 0.6) is 0 Å². The Kier molecular flexibility index (Phi) is 4.85. The Balaban J connectivity index is 2.03. The van der Waals surface area contributed by atoms with Crippen LogP contribution in [-0.4, -0.2) is 36.1 Å². The van der Waals surface area contributed by atoms with Gasteiger partial charge in [0.25, 0.3) is 5.91 Å². The molecule has 108 valence electrons. The summed E-state index contributed by atoms with van der Waals surface area (Å²) in [5.74, 6) is 7.46. The van der Waals surface area contributed by atoms with E-state index in [4.69, 9.17) is 5.11 Å². The van der Waals surface area contributed by atoms with Crippen molar-refractivity contribution < 1.29 is 9.90 Å². The Hall–Kier alpha value is -1.31. The van der Waals surface area contributed by atoms with Gasteiger partial charge in [0.1, 0.15) is 0 Å². The fraction of sp³-hybridized carbons (Fsp3) is 0.562. The highest BCUT2D eigenvalue weighted by atomic mass is 32.1. The van der Waals surface area contributed by atoms with Crippen LogP contribution in [-0.2, 0) is 0 Å². The van der Waals surface area contributed by atoms with Gasteiger partial charge in [-0.05, 0) is 36.8 Å². The Morgan fingerprint density at radius 1 is 1.60 bits per heavy atom. The SMILES string of the molecule is Cc1cc(C(=O)N(C)CC2CC2C)sc1C#CCCO. The molecule has 2 unspecified atom stereocenters. The molecule has 1 fully saturated rings. The van der Waals surface area contributed by atoms with Crippen molar-refractivity contribution in [1.82, 2.24) is 4.90 Å². The number of carbonyl (C=O) groups excluding carboxylic acids is 1. The zero-order valence-corrected chi connectivity index (χ0v) is 13.1. The molecule has 1 saturated carbocycles. The molecule has 2 atom stereocenters. The van der Waals surface area contributed by atoms with Crippen LogP contribution in [0.25, 0.3) is 0 Å². The molecule has 2 rings (SSSR count). The van der Waals surface area contributed by atoms with Gasteiger partial charge in [0.05, 0.1) is 16.4 Å². The van der Waals surface area contributed by atoms with Gasteiger partial charge >= 0.3 is 0 Å². The third-order valence-electron chi connectivity index (χ3n) is 3.70. The van der Waals surface area contributed by atoms with Gasteiger partial charge in [-0.25, -0.2) is 0 Å². The number of carbonyl (C=O) groups is 1. The minimum Gasteiger partial charge on any atom is -0.395 e. The summed E-state index contributed by atoms with van der Waals surface area (Å²) >= 11 is 1.45. The first-order chi connectivity index (χ1) is 9.52. The van der Waals surface area contributed by atoms with Gasteiger partial charge in [0.2, 0.25) is 0 Å². The van der Waals surface area contributed by atoms with Gasteiger partial charge in [-0.2, -0.15) is 0 Å². The van der Waals surface area contributed by atoms with E-state index in [2.05, 4.69) is 18.8 Å². The number of aliphatic hydroxyl groups excluding tert-OH is 1. The first-order valence-electron chi connectivity index (χ1n) is 6.98. The van der Waals surface area contributed by atoms with Gasteiger partial charge in [-0.3, -0.25) is 4.79 Å².